The van der Waals surface area contributed by atoms with Gasteiger partial charge in [0.2, 0.25) is 0 Å². The fourth-order valence-electron chi connectivity index (χ4n) is 3.99. The molecule has 20 heavy (non-hydrogen) atoms. The van der Waals surface area contributed by atoms with Gasteiger partial charge < -0.3 is 0 Å². The standard InChI is InChI=1S/C18H25NO/c1-14-6-2-5-9-17(14)18(20)13-19-11-10-15-7-3-4-8-16(15)12-19/h2,5-6,9,15-16H,3-4,7-8,10-13H2,1H3. The van der Waals surface area contributed by atoms with Crippen LogP contribution in [0.25, 0.3) is 0 Å². The average Bonchev–Trinajstić information content (AvgIpc) is 2.47. The molecule has 0 bridgehead atoms. The molecule has 0 aromatic heterocycles. The van der Waals surface area contributed by atoms with Crippen molar-refractivity contribution in [2.75, 3.05) is 19.6 Å². The van der Waals surface area contributed by atoms with E-state index in [0.29, 0.717) is 6.54 Å². The Kier molecular flexibility index (Phi) is 4.21. The van der Waals surface area contributed by atoms with Gasteiger partial charge in [0.1, 0.15) is 0 Å². The molecule has 1 saturated heterocycles. The van der Waals surface area contributed by atoms with E-state index in [2.05, 4.69) is 4.90 Å². The lowest BCUT2D eigenvalue weighted by Gasteiger charge is -2.41. The summed E-state index contributed by atoms with van der Waals surface area (Å²) in [6.45, 7) is 4.88. The minimum atomic E-state index is 0.289. The second-order valence-electron chi connectivity index (χ2n) is 6.57. The fourth-order valence-corrected chi connectivity index (χ4v) is 3.99. The maximum Gasteiger partial charge on any atom is 0.177 e. The highest BCUT2D eigenvalue weighted by atomic mass is 16.1. The van der Waals surface area contributed by atoms with Crippen LogP contribution in [0.15, 0.2) is 24.3 Å². The number of hydrogen-bond donors (Lipinski definition) is 0. The number of likely N-dealkylation sites (tertiary alicyclic amines) is 1. The predicted molar refractivity (Wildman–Crippen MR) is 82.0 cm³/mol. The van der Waals surface area contributed by atoms with Crippen molar-refractivity contribution in [3.8, 4) is 0 Å². The molecule has 2 fully saturated rings. The molecule has 1 aliphatic heterocycles. The summed E-state index contributed by atoms with van der Waals surface area (Å²) in [7, 11) is 0. The smallest absolute Gasteiger partial charge is 0.177 e. The number of piperidine rings is 1. The molecule has 1 saturated carbocycles. The Bertz CT molecular complexity index is 482. The van der Waals surface area contributed by atoms with Crippen LogP contribution < -0.4 is 0 Å². The summed E-state index contributed by atoms with van der Waals surface area (Å²) in [6, 6.07) is 7.96. The molecule has 3 rings (SSSR count). The first kappa shape index (κ1) is 13.8. The van der Waals surface area contributed by atoms with Gasteiger partial charge in [0, 0.05) is 12.1 Å². The fraction of sp³-hybridized carbons (Fsp3) is 0.611. The third-order valence-corrected chi connectivity index (χ3v) is 5.19. The lowest BCUT2D eigenvalue weighted by atomic mass is 9.75. The molecule has 0 radical (unpaired) electrons. The number of nitrogens with zero attached hydrogens (tertiary/aromatic N) is 1. The molecule has 108 valence electrons. The predicted octanol–water partition coefficient (Wildman–Crippen LogP) is 3.69. The normalized spacial score (nSPS) is 27.1. The van der Waals surface area contributed by atoms with Crippen LogP contribution in [0.3, 0.4) is 0 Å². The second kappa shape index (κ2) is 6.09. The monoisotopic (exact) mass is 271 g/mol. The van der Waals surface area contributed by atoms with Gasteiger partial charge in [0.25, 0.3) is 0 Å². The van der Waals surface area contributed by atoms with E-state index in [1.54, 1.807) is 0 Å². The molecule has 2 unspecified atom stereocenters. The van der Waals surface area contributed by atoms with Crippen molar-refractivity contribution in [2.24, 2.45) is 11.8 Å². The van der Waals surface area contributed by atoms with Crippen molar-refractivity contribution < 1.29 is 4.79 Å². The third-order valence-electron chi connectivity index (χ3n) is 5.19. The van der Waals surface area contributed by atoms with Crippen molar-refractivity contribution in [1.82, 2.24) is 4.90 Å². The van der Waals surface area contributed by atoms with E-state index < -0.39 is 0 Å². The molecular formula is C18H25NO. The summed E-state index contributed by atoms with van der Waals surface area (Å²) in [5, 5.41) is 0. The number of aryl methyl sites for hydroxylation is 1. The maximum atomic E-state index is 12.5. The summed E-state index contributed by atoms with van der Waals surface area (Å²) < 4.78 is 0. The Morgan fingerprint density at radius 2 is 1.90 bits per heavy atom. The summed E-state index contributed by atoms with van der Waals surface area (Å²) >= 11 is 0. The Morgan fingerprint density at radius 1 is 1.15 bits per heavy atom. The van der Waals surface area contributed by atoms with E-state index in [4.69, 9.17) is 0 Å². The van der Waals surface area contributed by atoms with E-state index in [-0.39, 0.29) is 5.78 Å². The van der Waals surface area contributed by atoms with Gasteiger partial charge in [-0.25, -0.2) is 0 Å². The number of benzene rings is 1. The quantitative estimate of drug-likeness (QED) is 0.781. The van der Waals surface area contributed by atoms with Crippen LogP contribution in [0.4, 0.5) is 0 Å². The molecular weight excluding hydrogens is 246 g/mol. The largest absolute Gasteiger partial charge is 0.296 e. The number of ketones is 1. The highest BCUT2D eigenvalue weighted by Gasteiger charge is 2.31. The molecule has 1 aromatic rings. The summed E-state index contributed by atoms with van der Waals surface area (Å²) in [6.07, 6.45) is 6.90. The lowest BCUT2D eigenvalue weighted by molar-refractivity contribution is 0.0712. The first-order chi connectivity index (χ1) is 9.74. The zero-order valence-electron chi connectivity index (χ0n) is 12.5. The summed E-state index contributed by atoms with van der Waals surface area (Å²) in [5.74, 6) is 2.08. The highest BCUT2D eigenvalue weighted by molar-refractivity contribution is 5.98. The van der Waals surface area contributed by atoms with Crippen LogP contribution in [0.1, 0.15) is 48.0 Å². The Labute approximate surface area is 122 Å². The van der Waals surface area contributed by atoms with E-state index in [0.717, 1.165) is 36.1 Å². The van der Waals surface area contributed by atoms with Crippen molar-refractivity contribution in [1.29, 1.82) is 0 Å². The van der Waals surface area contributed by atoms with Gasteiger partial charge in [-0.05, 0) is 43.7 Å². The minimum Gasteiger partial charge on any atom is -0.296 e. The SMILES string of the molecule is Cc1ccccc1C(=O)CN1CCC2CCCCC2C1. The first-order valence-electron chi connectivity index (χ1n) is 8.05. The topological polar surface area (TPSA) is 20.3 Å². The Balaban J connectivity index is 1.61. The van der Waals surface area contributed by atoms with Crippen LogP contribution in [0.2, 0.25) is 0 Å². The zero-order valence-corrected chi connectivity index (χ0v) is 12.5. The van der Waals surface area contributed by atoms with E-state index in [9.17, 15) is 4.79 Å². The van der Waals surface area contributed by atoms with Crippen LogP contribution in [0, 0.1) is 18.8 Å². The van der Waals surface area contributed by atoms with Gasteiger partial charge in [-0.15, -0.1) is 0 Å². The third kappa shape index (κ3) is 2.95. The zero-order chi connectivity index (χ0) is 13.9. The Morgan fingerprint density at radius 3 is 2.70 bits per heavy atom. The van der Waals surface area contributed by atoms with Crippen molar-refractivity contribution >= 4 is 5.78 Å². The van der Waals surface area contributed by atoms with E-state index >= 15 is 0 Å². The van der Waals surface area contributed by atoms with Crippen LogP contribution >= 0.6 is 0 Å². The molecule has 0 N–H and O–H groups in total. The number of carbonyl (C=O) groups is 1. The molecule has 0 amide bonds. The van der Waals surface area contributed by atoms with Crippen molar-refractivity contribution in [3.05, 3.63) is 35.4 Å². The van der Waals surface area contributed by atoms with E-state index in [1.165, 1.54) is 32.1 Å². The molecule has 1 aliphatic carbocycles. The average molecular weight is 271 g/mol. The molecule has 2 heteroatoms. The number of rotatable bonds is 3. The molecule has 1 aromatic carbocycles. The number of hydrogen-bond acceptors (Lipinski definition) is 2. The van der Waals surface area contributed by atoms with Crippen LogP contribution in [0.5, 0.6) is 0 Å². The highest BCUT2D eigenvalue weighted by Crippen LogP contribution is 2.36. The molecule has 2 atom stereocenters. The van der Waals surface area contributed by atoms with Crippen molar-refractivity contribution in [2.45, 2.75) is 39.0 Å². The van der Waals surface area contributed by atoms with Crippen LogP contribution in [-0.4, -0.2) is 30.3 Å². The Hall–Kier alpha value is -1.15. The molecule has 2 aliphatic rings. The summed E-state index contributed by atoms with van der Waals surface area (Å²) in [5.41, 5.74) is 2.00. The van der Waals surface area contributed by atoms with Gasteiger partial charge >= 0.3 is 0 Å². The van der Waals surface area contributed by atoms with Gasteiger partial charge in [-0.3, -0.25) is 9.69 Å². The number of fused-ring (bicyclic) bond motifs is 1. The van der Waals surface area contributed by atoms with Gasteiger partial charge in [-0.1, -0.05) is 43.5 Å². The second-order valence-corrected chi connectivity index (χ2v) is 6.57. The first-order valence-corrected chi connectivity index (χ1v) is 8.05. The number of carbonyl (C=O) groups excluding carboxylic acids is 1. The molecule has 1 heterocycles. The lowest BCUT2D eigenvalue weighted by Crippen LogP contribution is -2.43. The van der Waals surface area contributed by atoms with Crippen LogP contribution in [-0.2, 0) is 0 Å². The summed E-state index contributed by atoms with van der Waals surface area (Å²) in [4.78, 5) is 14.8. The molecule has 0 spiro atoms. The molecule has 2 nitrogen and oxygen atoms in total. The van der Waals surface area contributed by atoms with Gasteiger partial charge in [-0.2, -0.15) is 0 Å². The minimum absolute atomic E-state index is 0.289. The maximum absolute atomic E-state index is 12.5. The van der Waals surface area contributed by atoms with E-state index in [1.807, 2.05) is 31.2 Å². The van der Waals surface area contributed by atoms with Gasteiger partial charge in [0.15, 0.2) is 5.78 Å². The van der Waals surface area contributed by atoms with Crippen molar-refractivity contribution in [3.63, 3.8) is 0 Å². The number of Topliss-reactive ketones (excluding diaryl/α,β-unsaturated/α-hetero) is 1. The van der Waals surface area contributed by atoms with Gasteiger partial charge in [0.05, 0.1) is 6.54 Å².